The summed E-state index contributed by atoms with van der Waals surface area (Å²) < 4.78 is 37.8. The van der Waals surface area contributed by atoms with Crippen LogP contribution in [0.1, 0.15) is 48.0 Å². The maximum Gasteiger partial charge on any atom is 0.416 e. The molecule has 1 aromatic rings. The molecule has 1 amide bonds. The lowest BCUT2D eigenvalue weighted by Crippen LogP contribution is -2.44. The predicted octanol–water partition coefficient (Wildman–Crippen LogP) is 3.13. The third kappa shape index (κ3) is 4.20. The van der Waals surface area contributed by atoms with Crippen LogP contribution in [-0.4, -0.2) is 23.2 Å². The number of alkyl halides is 3. The average molecular weight is 301 g/mol. The molecule has 0 unspecified atom stereocenters. The molecule has 1 saturated carbocycles. The van der Waals surface area contributed by atoms with Gasteiger partial charge in [-0.15, -0.1) is 0 Å². The first kappa shape index (κ1) is 15.8. The van der Waals surface area contributed by atoms with Crippen LogP contribution in [0.2, 0.25) is 0 Å². The molecule has 6 heteroatoms. The van der Waals surface area contributed by atoms with Crippen molar-refractivity contribution < 1.29 is 23.1 Å². The molecule has 0 bridgehead atoms. The molecule has 0 atom stereocenters. The number of amides is 1. The Hall–Kier alpha value is -1.56. The lowest BCUT2D eigenvalue weighted by molar-refractivity contribution is -0.137. The lowest BCUT2D eigenvalue weighted by Gasteiger charge is -2.32. The van der Waals surface area contributed by atoms with E-state index >= 15 is 0 Å². The van der Waals surface area contributed by atoms with E-state index in [9.17, 15) is 23.1 Å². The Bertz CT molecular complexity index is 508. The summed E-state index contributed by atoms with van der Waals surface area (Å²) in [6.45, 7) is 0.0715. The smallest absolute Gasteiger partial charge is 0.388 e. The highest BCUT2D eigenvalue weighted by Crippen LogP contribution is 2.30. The maximum absolute atomic E-state index is 12.6. The zero-order valence-corrected chi connectivity index (χ0v) is 11.5. The van der Waals surface area contributed by atoms with Crippen molar-refractivity contribution in [1.29, 1.82) is 0 Å². The Morgan fingerprint density at radius 3 is 2.52 bits per heavy atom. The molecule has 116 valence electrons. The molecule has 3 nitrogen and oxygen atoms in total. The summed E-state index contributed by atoms with van der Waals surface area (Å²) in [5, 5.41) is 12.8. The molecule has 2 N–H and O–H groups in total. The van der Waals surface area contributed by atoms with E-state index in [0.29, 0.717) is 12.8 Å². The van der Waals surface area contributed by atoms with Crippen molar-refractivity contribution in [3.05, 3.63) is 35.4 Å². The molecule has 0 spiro atoms. The van der Waals surface area contributed by atoms with Crippen molar-refractivity contribution in [2.24, 2.45) is 0 Å². The van der Waals surface area contributed by atoms with Crippen LogP contribution >= 0.6 is 0 Å². The Kier molecular flexibility index (Phi) is 4.56. The van der Waals surface area contributed by atoms with E-state index in [0.717, 1.165) is 31.4 Å². The van der Waals surface area contributed by atoms with Gasteiger partial charge in [0.2, 0.25) is 0 Å². The largest absolute Gasteiger partial charge is 0.416 e. The van der Waals surface area contributed by atoms with Gasteiger partial charge in [0, 0.05) is 12.1 Å². The molecule has 1 aromatic carbocycles. The molecular weight excluding hydrogens is 283 g/mol. The van der Waals surface area contributed by atoms with Crippen molar-refractivity contribution in [3.8, 4) is 0 Å². The monoisotopic (exact) mass is 301 g/mol. The van der Waals surface area contributed by atoms with Gasteiger partial charge in [-0.3, -0.25) is 4.79 Å². The van der Waals surface area contributed by atoms with Crippen molar-refractivity contribution in [2.45, 2.75) is 43.9 Å². The van der Waals surface area contributed by atoms with E-state index in [-0.39, 0.29) is 12.1 Å². The molecule has 21 heavy (non-hydrogen) atoms. The van der Waals surface area contributed by atoms with E-state index in [1.54, 1.807) is 0 Å². The first-order chi connectivity index (χ1) is 9.80. The Morgan fingerprint density at radius 2 is 1.90 bits per heavy atom. The van der Waals surface area contributed by atoms with E-state index in [1.165, 1.54) is 12.1 Å². The molecule has 1 fully saturated rings. The number of hydrogen-bond acceptors (Lipinski definition) is 2. The minimum atomic E-state index is -4.47. The van der Waals surface area contributed by atoms with E-state index in [2.05, 4.69) is 5.32 Å². The average Bonchev–Trinajstić information content (AvgIpc) is 2.45. The number of aliphatic hydroxyl groups is 1. The van der Waals surface area contributed by atoms with Crippen molar-refractivity contribution >= 4 is 5.91 Å². The van der Waals surface area contributed by atoms with Gasteiger partial charge in [-0.1, -0.05) is 25.3 Å². The number of nitrogens with one attached hydrogen (secondary N) is 1. The van der Waals surface area contributed by atoms with Crippen molar-refractivity contribution in [1.82, 2.24) is 5.32 Å². The summed E-state index contributed by atoms with van der Waals surface area (Å²) in [4.78, 5) is 11.9. The van der Waals surface area contributed by atoms with Crippen molar-refractivity contribution in [2.75, 3.05) is 6.54 Å². The van der Waals surface area contributed by atoms with Crippen LogP contribution in [0.4, 0.5) is 13.2 Å². The molecule has 0 heterocycles. The zero-order valence-electron chi connectivity index (χ0n) is 11.5. The highest BCUT2D eigenvalue weighted by atomic mass is 19.4. The predicted molar refractivity (Wildman–Crippen MR) is 71.8 cm³/mol. The molecule has 1 aliphatic rings. The molecular formula is C15H18F3NO2. The highest BCUT2D eigenvalue weighted by Gasteiger charge is 2.32. The maximum atomic E-state index is 12.6. The van der Waals surface area contributed by atoms with Gasteiger partial charge in [-0.2, -0.15) is 13.2 Å². The van der Waals surface area contributed by atoms with E-state index in [1.807, 2.05) is 0 Å². The minimum Gasteiger partial charge on any atom is -0.388 e. The van der Waals surface area contributed by atoms with Gasteiger partial charge in [0.25, 0.3) is 5.91 Å². The van der Waals surface area contributed by atoms with Crippen LogP contribution in [0, 0.1) is 0 Å². The molecule has 0 radical (unpaired) electrons. The third-order valence-corrected chi connectivity index (χ3v) is 3.81. The summed E-state index contributed by atoms with van der Waals surface area (Å²) in [6.07, 6.45) is -0.403. The number of carbonyl (C=O) groups excluding carboxylic acids is 1. The van der Waals surface area contributed by atoms with Crippen LogP contribution in [-0.2, 0) is 6.18 Å². The van der Waals surface area contributed by atoms with Crippen LogP contribution < -0.4 is 5.32 Å². The van der Waals surface area contributed by atoms with Gasteiger partial charge in [0.1, 0.15) is 0 Å². The Balaban J connectivity index is 2.00. The topological polar surface area (TPSA) is 49.3 Å². The zero-order chi connectivity index (χ0) is 15.5. The molecule has 1 aliphatic carbocycles. The van der Waals surface area contributed by atoms with Gasteiger partial charge < -0.3 is 10.4 Å². The Morgan fingerprint density at radius 1 is 1.24 bits per heavy atom. The summed E-state index contributed by atoms with van der Waals surface area (Å²) in [5.41, 5.74) is -1.84. The molecule has 0 saturated heterocycles. The second-order valence-corrected chi connectivity index (χ2v) is 5.55. The summed E-state index contributed by atoms with van der Waals surface area (Å²) in [6, 6.07) is 4.27. The number of benzene rings is 1. The van der Waals surface area contributed by atoms with Gasteiger partial charge in [-0.05, 0) is 31.0 Å². The highest BCUT2D eigenvalue weighted by molar-refractivity contribution is 5.94. The van der Waals surface area contributed by atoms with Crippen LogP contribution in [0.3, 0.4) is 0 Å². The number of hydrogen-bond donors (Lipinski definition) is 2. The van der Waals surface area contributed by atoms with Crippen LogP contribution in [0.25, 0.3) is 0 Å². The van der Waals surface area contributed by atoms with Gasteiger partial charge in [-0.25, -0.2) is 0 Å². The first-order valence-electron chi connectivity index (χ1n) is 6.98. The molecule has 2 rings (SSSR count). The fourth-order valence-electron chi connectivity index (χ4n) is 2.57. The number of carbonyl (C=O) groups is 1. The fraction of sp³-hybridized carbons (Fsp3) is 0.533. The standard InChI is InChI=1S/C15H18F3NO2/c16-15(17,18)12-6-4-5-11(9-12)13(20)19-10-14(21)7-2-1-3-8-14/h4-6,9,21H,1-3,7-8,10H2,(H,19,20). The number of halogens is 3. The summed E-state index contributed by atoms with van der Waals surface area (Å²) in [5.74, 6) is -0.597. The SMILES string of the molecule is O=C(NCC1(O)CCCCC1)c1cccc(C(F)(F)F)c1. The first-order valence-corrected chi connectivity index (χ1v) is 6.98. The minimum absolute atomic E-state index is 0.0516. The number of rotatable bonds is 3. The second kappa shape index (κ2) is 6.05. The van der Waals surface area contributed by atoms with E-state index < -0.39 is 23.2 Å². The van der Waals surface area contributed by atoms with Crippen LogP contribution in [0.15, 0.2) is 24.3 Å². The normalized spacial score (nSPS) is 18.3. The summed E-state index contributed by atoms with van der Waals surface area (Å²) in [7, 11) is 0. The van der Waals surface area contributed by atoms with Crippen LogP contribution in [0.5, 0.6) is 0 Å². The summed E-state index contributed by atoms with van der Waals surface area (Å²) >= 11 is 0. The van der Waals surface area contributed by atoms with Crippen molar-refractivity contribution in [3.63, 3.8) is 0 Å². The quantitative estimate of drug-likeness (QED) is 0.901. The van der Waals surface area contributed by atoms with Gasteiger partial charge in [0.05, 0.1) is 11.2 Å². The molecule has 0 aliphatic heterocycles. The van der Waals surface area contributed by atoms with Gasteiger partial charge in [0.15, 0.2) is 0 Å². The fourth-order valence-corrected chi connectivity index (χ4v) is 2.57. The lowest BCUT2D eigenvalue weighted by atomic mass is 9.85. The molecule has 0 aromatic heterocycles. The van der Waals surface area contributed by atoms with Gasteiger partial charge >= 0.3 is 6.18 Å². The second-order valence-electron chi connectivity index (χ2n) is 5.55. The van der Waals surface area contributed by atoms with E-state index in [4.69, 9.17) is 0 Å². The third-order valence-electron chi connectivity index (χ3n) is 3.81. The Labute approximate surface area is 121 Å².